The van der Waals surface area contributed by atoms with Crippen molar-refractivity contribution in [1.82, 2.24) is 0 Å². The Hall–Kier alpha value is -2.20. The maximum Gasteiger partial charge on any atom is 0.110 e. The molecule has 2 aliphatic heterocycles. The number of hydrogen-bond acceptors (Lipinski definition) is 3. The van der Waals surface area contributed by atoms with Crippen molar-refractivity contribution < 1.29 is 14.2 Å². The summed E-state index contributed by atoms with van der Waals surface area (Å²) in [6, 6.07) is 16.7. The molecule has 4 rings (SSSR count). The first kappa shape index (κ1) is 20.1. The number of ether oxygens (including phenoxy) is 3. The van der Waals surface area contributed by atoms with Crippen molar-refractivity contribution >= 4 is 12.2 Å². The third-order valence-electron chi connectivity index (χ3n) is 6.13. The van der Waals surface area contributed by atoms with Gasteiger partial charge in [0.1, 0.15) is 12.2 Å². The summed E-state index contributed by atoms with van der Waals surface area (Å²) in [7, 11) is 0. The second-order valence-electron chi connectivity index (χ2n) is 8.53. The van der Waals surface area contributed by atoms with Crippen LogP contribution < -0.4 is 0 Å². The molecule has 0 spiro atoms. The van der Waals surface area contributed by atoms with Gasteiger partial charge in [0.15, 0.2) is 0 Å². The Morgan fingerprint density at radius 2 is 1.21 bits per heavy atom. The molecule has 2 fully saturated rings. The number of rotatable bonds is 10. The van der Waals surface area contributed by atoms with Crippen LogP contribution in [0.25, 0.3) is 12.2 Å². The molecule has 2 aromatic rings. The molecule has 2 aromatic carbocycles. The molecule has 0 N–H and O–H groups in total. The second-order valence-corrected chi connectivity index (χ2v) is 8.53. The predicted molar refractivity (Wildman–Crippen MR) is 118 cm³/mol. The molecule has 2 aliphatic rings. The van der Waals surface area contributed by atoms with Crippen LogP contribution in [0.3, 0.4) is 0 Å². The van der Waals surface area contributed by atoms with E-state index in [-0.39, 0.29) is 12.2 Å². The Bertz CT molecular complexity index is 823. The van der Waals surface area contributed by atoms with Gasteiger partial charge in [-0.3, -0.25) is 0 Å². The quantitative estimate of drug-likeness (QED) is 0.530. The van der Waals surface area contributed by atoms with Gasteiger partial charge in [-0.15, -0.1) is 0 Å². The molecule has 0 aliphatic carbocycles. The molecule has 0 amide bonds. The van der Waals surface area contributed by atoms with E-state index in [1.54, 1.807) is 0 Å². The average molecular weight is 391 g/mol. The minimum absolute atomic E-state index is 0.0908. The molecular weight excluding hydrogens is 360 g/mol. The molecule has 3 nitrogen and oxygen atoms in total. The first-order valence-corrected chi connectivity index (χ1v) is 10.3. The molecule has 0 radical (unpaired) electrons. The highest BCUT2D eigenvalue weighted by Gasteiger charge is 2.53. The minimum Gasteiger partial charge on any atom is -0.370 e. The monoisotopic (exact) mass is 390 g/mol. The topological polar surface area (TPSA) is 34.3 Å². The summed E-state index contributed by atoms with van der Waals surface area (Å²) in [5.74, 6) is 0. The fourth-order valence-electron chi connectivity index (χ4n) is 4.31. The largest absolute Gasteiger partial charge is 0.370 e. The van der Waals surface area contributed by atoms with Gasteiger partial charge in [0.2, 0.25) is 0 Å². The fourth-order valence-corrected chi connectivity index (χ4v) is 4.31. The van der Waals surface area contributed by atoms with Crippen LogP contribution in [-0.4, -0.2) is 36.6 Å². The van der Waals surface area contributed by atoms with Crippen LogP contribution in [0.2, 0.25) is 0 Å². The zero-order valence-electron chi connectivity index (χ0n) is 17.4. The molecule has 4 unspecified atom stereocenters. The zero-order valence-corrected chi connectivity index (χ0v) is 17.4. The summed E-state index contributed by atoms with van der Waals surface area (Å²) in [6.45, 7) is 13.7. The van der Waals surface area contributed by atoms with Crippen molar-refractivity contribution in [2.75, 3.05) is 13.2 Å². The van der Waals surface area contributed by atoms with Crippen molar-refractivity contribution in [2.45, 2.75) is 50.1 Å². The highest BCUT2D eigenvalue weighted by molar-refractivity contribution is 5.53. The van der Waals surface area contributed by atoms with Gasteiger partial charge in [-0.25, -0.2) is 0 Å². The van der Waals surface area contributed by atoms with Gasteiger partial charge in [-0.05, 0) is 36.1 Å². The minimum atomic E-state index is -0.442. The third kappa shape index (κ3) is 4.37. The van der Waals surface area contributed by atoms with Gasteiger partial charge in [0, 0.05) is 12.8 Å². The number of hydrogen-bond donors (Lipinski definition) is 0. The van der Waals surface area contributed by atoms with Crippen molar-refractivity contribution in [3.8, 4) is 0 Å². The number of epoxide rings is 2. The maximum absolute atomic E-state index is 6.96. The molecule has 0 aromatic heterocycles. The van der Waals surface area contributed by atoms with Crippen LogP contribution in [0.5, 0.6) is 0 Å². The summed E-state index contributed by atoms with van der Waals surface area (Å²) in [6.07, 6.45) is 5.54. The molecular formula is C26H30O3. The van der Waals surface area contributed by atoms with Crippen LogP contribution in [-0.2, 0) is 27.1 Å². The Morgan fingerprint density at radius 1 is 0.828 bits per heavy atom. The summed E-state index contributed by atoms with van der Waals surface area (Å²) < 4.78 is 18.5. The van der Waals surface area contributed by atoms with Crippen molar-refractivity contribution in [3.05, 3.63) is 83.9 Å². The second kappa shape index (κ2) is 7.91. The van der Waals surface area contributed by atoms with E-state index in [1.807, 2.05) is 24.3 Å². The van der Waals surface area contributed by atoms with Gasteiger partial charge >= 0.3 is 0 Å². The van der Waals surface area contributed by atoms with Crippen molar-refractivity contribution in [1.29, 1.82) is 0 Å². The maximum atomic E-state index is 6.96. The van der Waals surface area contributed by atoms with E-state index in [0.29, 0.717) is 0 Å². The van der Waals surface area contributed by atoms with Crippen molar-refractivity contribution in [3.63, 3.8) is 0 Å². The summed E-state index contributed by atoms with van der Waals surface area (Å²) >= 11 is 0. The molecule has 4 atom stereocenters. The lowest BCUT2D eigenvalue weighted by Gasteiger charge is -2.40. The van der Waals surface area contributed by atoms with Crippen LogP contribution in [0, 0.1) is 0 Å². The lowest BCUT2D eigenvalue weighted by molar-refractivity contribution is -0.159. The van der Waals surface area contributed by atoms with Crippen LogP contribution in [0.1, 0.15) is 36.1 Å². The van der Waals surface area contributed by atoms with Crippen LogP contribution >= 0.6 is 0 Å². The first-order chi connectivity index (χ1) is 14.0. The van der Waals surface area contributed by atoms with E-state index >= 15 is 0 Å². The highest BCUT2D eigenvalue weighted by atomic mass is 16.6. The SMILES string of the molecule is C=Cc1ccccc1CC(C)(OC(C)(Cc1ccccc1C=C)C1CO1)C1CO1. The van der Waals surface area contributed by atoms with E-state index in [0.717, 1.165) is 37.2 Å². The van der Waals surface area contributed by atoms with Crippen LogP contribution in [0.4, 0.5) is 0 Å². The smallest absolute Gasteiger partial charge is 0.110 e. The van der Waals surface area contributed by atoms with E-state index in [1.165, 1.54) is 11.1 Å². The number of benzene rings is 2. The van der Waals surface area contributed by atoms with E-state index in [4.69, 9.17) is 14.2 Å². The van der Waals surface area contributed by atoms with Gasteiger partial charge in [-0.1, -0.05) is 73.8 Å². The van der Waals surface area contributed by atoms with E-state index < -0.39 is 11.2 Å². The van der Waals surface area contributed by atoms with Gasteiger partial charge in [0.05, 0.1) is 24.4 Å². The van der Waals surface area contributed by atoms with Crippen molar-refractivity contribution in [2.24, 2.45) is 0 Å². The Balaban J connectivity index is 1.62. The Morgan fingerprint density at radius 3 is 1.55 bits per heavy atom. The molecule has 29 heavy (non-hydrogen) atoms. The van der Waals surface area contributed by atoms with Gasteiger partial charge in [0.25, 0.3) is 0 Å². The summed E-state index contributed by atoms with van der Waals surface area (Å²) in [5.41, 5.74) is 3.86. The summed E-state index contributed by atoms with van der Waals surface area (Å²) in [5, 5.41) is 0. The third-order valence-corrected chi connectivity index (χ3v) is 6.13. The lowest BCUT2D eigenvalue weighted by Crippen LogP contribution is -2.50. The normalized spacial score (nSPS) is 24.2. The molecule has 0 saturated carbocycles. The summed E-state index contributed by atoms with van der Waals surface area (Å²) in [4.78, 5) is 0. The molecule has 0 bridgehead atoms. The predicted octanol–water partition coefficient (Wildman–Crippen LogP) is 5.09. The van der Waals surface area contributed by atoms with Gasteiger partial charge in [-0.2, -0.15) is 0 Å². The molecule has 152 valence electrons. The average Bonchev–Trinajstić information content (AvgIpc) is 3.59. The van der Waals surface area contributed by atoms with Gasteiger partial charge < -0.3 is 14.2 Å². The Kier molecular flexibility index (Phi) is 5.48. The Labute approximate surface area is 174 Å². The fraction of sp³-hybridized carbons (Fsp3) is 0.385. The van der Waals surface area contributed by atoms with Crippen LogP contribution in [0.15, 0.2) is 61.7 Å². The molecule has 2 saturated heterocycles. The molecule has 3 heteroatoms. The highest BCUT2D eigenvalue weighted by Crippen LogP contribution is 2.41. The van der Waals surface area contributed by atoms with E-state index in [2.05, 4.69) is 63.4 Å². The lowest BCUT2D eigenvalue weighted by atomic mass is 9.86. The molecule has 2 heterocycles. The van der Waals surface area contributed by atoms with E-state index in [9.17, 15) is 0 Å². The standard InChI is InChI=1S/C26H30O3/c1-5-19-11-7-9-13-21(19)15-25(3,23-17-27-23)29-26(4,24-18-28-24)16-22-14-10-8-12-20(22)6-2/h5-14,23-24H,1-2,15-18H2,3-4H3. The first-order valence-electron chi connectivity index (χ1n) is 10.3. The zero-order chi connectivity index (χ0) is 20.5.